The van der Waals surface area contributed by atoms with Crippen LogP contribution in [0.2, 0.25) is 0 Å². The summed E-state index contributed by atoms with van der Waals surface area (Å²) in [7, 11) is -3.21. The van der Waals surface area contributed by atoms with Crippen molar-refractivity contribution in [3.05, 3.63) is 75.8 Å². The molecule has 2 aromatic carbocycles. The normalized spacial score (nSPS) is 18.0. The number of esters is 1. The molecule has 0 spiro atoms. The van der Waals surface area contributed by atoms with Gasteiger partial charge in [-0.05, 0) is 30.5 Å². The van der Waals surface area contributed by atoms with Crippen LogP contribution in [-0.4, -0.2) is 43.0 Å². The molecule has 3 rings (SSSR count). The minimum Gasteiger partial charge on any atom is -0.459 e. The van der Waals surface area contributed by atoms with E-state index in [9.17, 15) is 23.3 Å². The molecule has 0 bridgehead atoms. The first-order valence-electron chi connectivity index (χ1n) is 10.6. The predicted octanol–water partition coefficient (Wildman–Crippen LogP) is 4.08. The van der Waals surface area contributed by atoms with Gasteiger partial charge in [0.2, 0.25) is 0 Å². The van der Waals surface area contributed by atoms with Crippen LogP contribution in [0.1, 0.15) is 48.0 Å². The number of nitrogens with zero attached hydrogens (tertiary/aromatic N) is 1. The first-order chi connectivity index (χ1) is 15.3. The van der Waals surface area contributed by atoms with E-state index < -0.39 is 32.1 Å². The Hall–Kier alpha value is -2.78. The molecule has 8 nitrogen and oxygen atoms in total. The van der Waals surface area contributed by atoms with Crippen molar-refractivity contribution in [2.75, 3.05) is 12.4 Å². The zero-order valence-electron chi connectivity index (χ0n) is 17.7. The molecular weight excluding hydrogens is 434 g/mol. The van der Waals surface area contributed by atoms with Crippen molar-refractivity contribution in [1.29, 1.82) is 0 Å². The zero-order valence-corrected chi connectivity index (χ0v) is 18.5. The average Bonchev–Trinajstić information content (AvgIpc) is 2.75. The van der Waals surface area contributed by atoms with Gasteiger partial charge in [0.05, 0.1) is 28.1 Å². The number of non-ortho nitro benzene ring substituents is 1. The second kappa shape index (κ2) is 11.2. The van der Waals surface area contributed by atoms with Crippen LogP contribution in [0.3, 0.4) is 0 Å². The van der Waals surface area contributed by atoms with E-state index >= 15 is 0 Å². The molecule has 1 fully saturated rings. The fourth-order valence-corrected chi connectivity index (χ4v) is 5.42. The second-order valence-corrected chi connectivity index (χ2v) is 10.3. The fraction of sp³-hybridized carbons (Fsp3) is 0.435. The van der Waals surface area contributed by atoms with Gasteiger partial charge < -0.3 is 9.47 Å². The lowest BCUT2D eigenvalue weighted by Gasteiger charge is -2.34. The minimum absolute atomic E-state index is 0.112. The van der Waals surface area contributed by atoms with E-state index in [1.807, 2.05) is 30.3 Å². The molecule has 0 unspecified atom stereocenters. The number of sulfone groups is 1. The summed E-state index contributed by atoms with van der Waals surface area (Å²) in [4.78, 5) is 22.2. The third-order valence-electron chi connectivity index (χ3n) is 5.48. The van der Waals surface area contributed by atoms with E-state index in [1.165, 1.54) is 24.3 Å². The topological polar surface area (TPSA) is 113 Å². The number of rotatable bonds is 12. The van der Waals surface area contributed by atoms with Gasteiger partial charge in [-0.15, -0.1) is 0 Å². The molecule has 0 heterocycles. The molecule has 9 heteroatoms. The quantitative estimate of drug-likeness (QED) is 0.202. The van der Waals surface area contributed by atoms with Crippen LogP contribution in [0.4, 0.5) is 5.69 Å². The monoisotopic (exact) mass is 461 g/mol. The number of nitro groups is 1. The van der Waals surface area contributed by atoms with E-state index in [2.05, 4.69) is 0 Å². The number of hydrogen-bond donors (Lipinski definition) is 0. The van der Waals surface area contributed by atoms with Gasteiger partial charge in [-0.3, -0.25) is 10.1 Å². The Kier molecular flexibility index (Phi) is 8.35. The van der Waals surface area contributed by atoms with Gasteiger partial charge in [0.1, 0.15) is 6.10 Å². The van der Waals surface area contributed by atoms with Crippen molar-refractivity contribution < 1.29 is 27.6 Å². The lowest BCUT2D eigenvalue weighted by Crippen LogP contribution is -2.43. The molecule has 0 amide bonds. The van der Waals surface area contributed by atoms with Gasteiger partial charge in [0, 0.05) is 31.6 Å². The van der Waals surface area contributed by atoms with Gasteiger partial charge in [-0.1, -0.05) is 36.8 Å². The van der Waals surface area contributed by atoms with E-state index in [-0.39, 0.29) is 17.0 Å². The van der Waals surface area contributed by atoms with E-state index in [1.54, 1.807) is 0 Å². The smallest absolute Gasteiger partial charge is 0.338 e. The molecule has 1 aliphatic carbocycles. The van der Waals surface area contributed by atoms with Gasteiger partial charge in [0.25, 0.3) is 5.69 Å². The maximum absolute atomic E-state index is 12.5. The molecule has 32 heavy (non-hydrogen) atoms. The number of carbonyl (C=O) groups is 1. The number of hydrogen-bond acceptors (Lipinski definition) is 7. The van der Waals surface area contributed by atoms with Crippen molar-refractivity contribution in [3.8, 4) is 0 Å². The van der Waals surface area contributed by atoms with Gasteiger partial charge in [-0.2, -0.15) is 0 Å². The second-order valence-electron chi connectivity index (χ2n) is 7.89. The highest BCUT2D eigenvalue weighted by molar-refractivity contribution is 7.92. The number of unbranched alkanes of at least 4 members (excludes halogenated alkanes) is 2. The van der Waals surface area contributed by atoms with E-state index in [4.69, 9.17) is 9.47 Å². The lowest BCUT2D eigenvalue weighted by molar-refractivity contribution is -0.384. The predicted molar refractivity (Wildman–Crippen MR) is 119 cm³/mol. The number of ether oxygens (including phenoxy) is 2. The highest BCUT2D eigenvalue weighted by atomic mass is 32.2. The summed E-state index contributed by atoms with van der Waals surface area (Å²) >= 11 is 0. The minimum atomic E-state index is -3.21. The summed E-state index contributed by atoms with van der Waals surface area (Å²) in [6, 6.07) is 15.0. The van der Waals surface area contributed by atoms with Crippen molar-refractivity contribution in [3.63, 3.8) is 0 Å². The highest BCUT2D eigenvalue weighted by Gasteiger charge is 2.40. The van der Waals surface area contributed by atoms with Crippen LogP contribution in [0.5, 0.6) is 0 Å². The van der Waals surface area contributed by atoms with E-state index in [0.29, 0.717) is 32.5 Å². The summed E-state index contributed by atoms with van der Waals surface area (Å²) < 4.78 is 35.8. The lowest BCUT2D eigenvalue weighted by atomic mass is 9.95. The van der Waals surface area contributed by atoms with Crippen molar-refractivity contribution >= 4 is 21.5 Å². The Labute approximate surface area is 187 Å². The molecule has 2 aromatic rings. The highest BCUT2D eigenvalue weighted by Crippen LogP contribution is 2.31. The maximum Gasteiger partial charge on any atom is 0.338 e. The van der Waals surface area contributed by atoms with Gasteiger partial charge in [-0.25, -0.2) is 13.2 Å². The Balaban J connectivity index is 1.29. The molecule has 0 aliphatic heterocycles. The molecule has 172 valence electrons. The molecular formula is C23H27NO7S. The summed E-state index contributed by atoms with van der Waals surface area (Å²) in [5.74, 6) is -0.476. The summed E-state index contributed by atoms with van der Waals surface area (Å²) in [6.45, 7) is 1.15. The number of nitro benzene ring substituents is 1. The van der Waals surface area contributed by atoms with Crippen molar-refractivity contribution in [2.24, 2.45) is 0 Å². The first kappa shape index (κ1) is 23.9. The Morgan fingerprint density at radius 2 is 1.69 bits per heavy atom. The number of benzene rings is 2. The third-order valence-corrected chi connectivity index (χ3v) is 7.73. The van der Waals surface area contributed by atoms with Gasteiger partial charge >= 0.3 is 5.97 Å². The van der Waals surface area contributed by atoms with Crippen LogP contribution >= 0.6 is 0 Å². The standard InChI is InChI=1S/C23H27NO7S/c25-23(19-9-11-20(12-10-19)24(26)27)31-21-15-22(16-21)32(28,29)14-6-2-5-13-30-17-18-7-3-1-4-8-18/h1,3-4,7-12,21-22H,2,5-6,13-17H2. The number of carbonyl (C=O) groups excluding carboxylic acids is 1. The zero-order chi connectivity index (χ0) is 23.0. The molecule has 0 aromatic heterocycles. The van der Waals surface area contributed by atoms with Crippen LogP contribution < -0.4 is 0 Å². The third kappa shape index (κ3) is 6.86. The van der Waals surface area contributed by atoms with Crippen LogP contribution in [-0.2, 0) is 25.9 Å². The summed E-state index contributed by atoms with van der Waals surface area (Å²) in [6.07, 6.45) is 2.31. The van der Waals surface area contributed by atoms with Crippen molar-refractivity contribution in [2.45, 2.75) is 50.1 Å². The Bertz CT molecular complexity index is 1000. The molecule has 0 N–H and O–H groups in total. The molecule has 0 radical (unpaired) electrons. The van der Waals surface area contributed by atoms with E-state index in [0.717, 1.165) is 18.4 Å². The molecule has 1 aliphatic rings. The van der Waals surface area contributed by atoms with Crippen molar-refractivity contribution in [1.82, 2.24) is 0 Å². The van der Waals surface area contributed by atoms with Gasteiger partial charge in [0.15, 0.2) is 9.84 Å². The average molecular weight is 462 g/mol. The molecule has 0 atom stereocenters. The molecule has 1 saturated carbocycles. The fourth-order valence-electron chi connectivity index (χ4n) is 3.46. The maximum atomic E-state index is 12.5. The Morgan fingerprint density at radius 1 is 1.00 bits per heavy atom. The molecule has 0 saturated heterocycles. The van der Waals surface area contributed by atoms with Crippen LogP contribution in [0.15, 0.2) is 54.6 Å². The van der Waals surface area contributed by atoms with Crippen LogP contribution in [0, 0.1) is 10.1 Å². The summed E-state index contributed by atoms with van der Waals surface area (Å²) in [5.41, 5.74) is 1.21. The first-order valence-corrected chi connectivity index (χ1v) is 12.4. The summed E-state index contributed by atoms with van der Waals surface area (Å²) in [5, 5.41) is 10.2. The van der Waals surface area contributed by atoms with Crippen LogP contribution in [0.25, 0.3) is 0 Å². The Morgan fingerprint density at radius 3 is 2.34 bits per heavy atom. The largest absolute Gasteiger partial charge is 0.459 e. The SMILES string of the molecule is O=C(OC1CC(S(=O)(=O)CCCCCOCc2ccccc2)C1)c1ccc([N+](=O)[O-])cc1.